The maximum Gasteiger partial charge on any atom is 0.190 e. The van der Waals surface area contributed by atoms with Crippen LogP contribution in [0.4, 0.5) is 0 Å². The summed E-state index contributed by atoms with van der Waals surface area (Å²) < 4.78 is -1.04. The van der Waals surface area contributed by atoms with Crippen molar-refractivity contribution in [2.24, 2.45) is 0 Å². The van der Waals surface area contributed by atoms with E-state index < -0.39 is 3.79 Å². The van der Waals surface area contributed by atoms with Crippen molar-refractivity contribution >= 4 is 68.5 Å². The van der Waals surface area contributed by atoms with E-state index in [1.165, 1.54) is 63.1 Å². The van der Waals surface area contributed by atoms with Crippen LogP contribution in [0.2, 0.25) is 5.28 Å². The maximum atomic E-state index is 5.69. The van der Waals surface area contributed by atoms with Gasteiger partial charge in [0.2, 0.25) is 0 Å². The van der Waals surface area contributed by atoms with Crippen molar-refractivity contribution < 1.29 is 31.7 Å². The molecule has 20 heavy (non-hydrogen) atoms. The predicted molar refractivity (Wildman–Crippen MR) is 91.0 cm³/mol. The fourth-order valence-electron chi connectivity index (χ4n) is 1.88. The SMILES string of the molecule is O.[Al].[Al][CH2]CCCCCCCCCCCC(Cl)(Cl)Cl.[Zr]. The summed E-state index contributed by atoms with van der Waals surface area (Å²) in [5, 5.41) is 1.25. The molecule has 2 N–H and O–H groups in total. The molecule has 0 aromatic carbocycles. The fourth-order valence-corrected chi connectivity index (χ4v) is 2.57. The molecule has 7 heteroatoms. The molecule has 0 atom stereocenters. The van der Waals surface area contributed by atoms with Gasteiger partial charge in [0.05, 0.1) is 0 Å². The normalized spacial score (nSPS) is 10.2. The Morgan fingerprint density at radius 2 is 0.950 bits per heavy atom. The van der Waals surface area contributed by atoms with Crippen molar-refractivity contribution in [2.75, 3.05) is 0 Å². The molecule has 1 nitrogen and oxygen atoms in total. The summed E-state index contributed by atoms with van der Waals surface area (Å²) in [6.45, 7) is 0. The number of hydrogen-bond donors (Lipinski definition) is 0. The molecule has 0 spiro atoms. The molecule has 0 saturated carbocycles. The topological polar surface area (TPSA) is 31.5 Å². The summed E-state index contributed by atoms with van der Waals surface area (Å²) in [6.07, 6.45) is 13.9. The van der Waals surface area contributed by atoms with E-state index in [1.807, 2.05) is 0 Å². The zero-order valence-electron chi connectivity index (χ0n) is 12.3. The first-order chi connectivity index (χ1) is 8.06. The summed E-state index contributed by atoms with van der Waals surface area (Å²) in [7, 11) is 0. The summed E-state index contributed by atoms with van der Waals surface area (Å²) in [4.78, 5) is 0. The Balaban J connectivity index is -0.000000427. The summed E-state index contributed by atoms with van der Waals surface area (Å²) in [5.74, 6) is 0. The van der Waals surface area contributed by atoms with Crippen LogP contribution in [0.3, 0.4) is 0 Å². The van der Waals surface area contributed by atoms with E-state index in [0.717, 1.165) is 6.42 Å². The molecule has 115 valence electrons. The van der Waals surface area contributed by atoms with Gasteiger partial charge in [-0.2, -0.15) is 0 Å². The third kappa shape index (κ3) is 28.9. The van der Waals surface area contributed by atoms with Crippen molar-refractivity contribution in [1.29, 1.82) is 0 Å². The van der Waals surface area contributed by atoms with Gasteiger partial charge in [0.1, 0.15) is 16.3 Å². The monoisotopic (exact) mass is 447 g/mol. The Bertz CT molecular complexity index is 172. The Morgan fingerprint density at radius 3 is 1.25 bits per heavy atom. The minimum absolute atomic E-state index is 0. The molecule has 0 aliphatic rings. The van der Waals surface area contributed by atoms with E-state index in [4.69, 9.17) is 34.8 Å². The molecule has 0 aliphatic carbocycles. The Labute approximate surface area is 178 Å². The number of hydrogen-bond acceptors (Lipinski definition) is 0. The van der Waals surface area contributed by atoms with Crippen LogP contribution in [-0.2, 0) is 26.2 Å². The third-order valence-corrected chi connectivity index (χ3v) is 3.89. The van der Waals surface area contributed by atoms with Crippen LogP contribution < -0.4 is 0 Å². The van der Waals surface area contributed by atoms with Gasteiger partial charge in [-0.1, -0.05) is 92.6 Å². The Morgan fingerprint density at radius 1 is 0.650 bits per heavy atom. The average Bonchev–Trinajstić information content (AvgIpc) is 2.24. The van der Waals surface area contributed by atoms with Gasteiger partial charge < -0.3 is 5.48 Å². The number of unbranched alkanes of at least 4 members (excludes halogenated alkanes) is 9. The maximum absolute atomic E-state index is 5.69. The van der Waals surface area contributed by atoms with Gasteiger partial charge in [0, 0.05) is 43.6 Å². The molecule has 0 aliphatic heterocycles. The van der Waals surface area contributed by atoms with Gasteiger partial charge in [-0.05, 0) is 12.8 Å². The molecule has 0 heterocycles. The molecule has 0 saturated heterocycles. The van der Waals surface area contributed by atoms with Crippen molar-refractivity contribution in [2.45, 2.75) is 79.7 Å². The quantitative estimate of drug-likeness (QED) is 0.241. The molecule has 0 aromatic rings. The van der Waals surface area contributed by atoms with E-state index in [-0.39, 0.29) is 49.0 Å². The Hall–Kier alpha value is 2.78. The molecule has 0 bridgehead atoms. The van der Waals surface area contributed by atoms with Gasteiger partial charge in [-0.25, -0.2) is 0 Å². The van der Waals surface area contributed by atoms with Crippen molar-refractivity contribution in [3.8, 4) is 0 Å². The second-order valence-electron chi connectivity index (χ2n) is 4.69. The van der Waals surface area contributed by atoms with E-state index >= 15 is 0 Å². The Kier molecular flexibility index (Phi) is 33.4. The smallest absolute Gasteiger partial charge is 0.190 e. The summed E-state index contributed by atoms with van der Waals surface area (Å²) in [5.41, 5.74) is 0. The van der Waals surface area contributed by atoms with Crippen LogP contribution >= 0.6 is 34.8 Å². The van der Waals surface area contributed by atoms with E-state index in [2.05, 4.69) is 16.3 Å². The molecular weight excluding hydrogens is 424 g/mol. The van der Waals surface area contributed by atoms with Crippen LogP contribution in [0.25, 0.3) is 0 Å². The first kappa shape index (κ1) is 30.6. The minimum Gasteiger partial charge on any atom is -0.412 e. The van der Waals surface area contributed by atoms with Gasteiger partial charge in [0.25, 0.3) is 0 Å². The summed E-state index contributed by atoms with van der Waals surface area (Å²) >= 11 is 19.8. The largest absolute Gasteiger partial charge is 0.412 e. The van der Waals surface area contributed by atoms with Gasteiger partial charge in [-0.15, -0.1) is 5.28 Å². The van der Waals surface area contributed by atoms with Crippen LogP contribution in [-0.4, -0.2) is 42.9 Å². The molecule has 0 amide bonds. The third-order valence-electron chi connectivity index (χ3n) is 2.91. The van der Waals surface area contributed by atoms with E-state index in [1.54, 1.807) is 0 Å². The van der Waals surface area contributed by atoms with Crippen molar-refractivity contribution in [3.63, 3.8) is 0 Å². The number of halogens is 3. The fraction of sp³-hybridized carbons (Fsp3) is 1.00. The van der Waals surface area contributed by atoms with E-state index in [9.17, 15) is 0 Å². The van der Waals surface area contributed by atoms with Crippen molar-refractivity contribution in [1.82, 2.24) is 0 Å². The first-order valence-electron chi connectivity index (χ1n) is 6.83. The molecular formula is C13H26Al2Cl3OZr. The first-order valence-corrected chi connectivity index (χ1v) is 8.78. The van der Waals surface area contributed by atoms with Crippen LogP contribution in [0, 0.1) is 0 Å². The summed E-state index contributed by atoms with van der Waals surface area (Å²) in [6, 6.07) is 0. The second kappa shape index (κ2) is 21.8. The molecule has 0 unspecified atom stereocenters. The zero-order valence-corrected chi connectivity index (χ0v) is 19.3. The van der Waals surface area contributed by atoms with Gasteiger partial charge in [0.15, 0.2) is 3.79 Å². The van der Waals surface area contributed by atoms with Gasteiger partial charge in [-0.3, -0.25) is 0 Å². The average molecular weight is 450 g/mol. The second-order valence-corrected chi connectivity index (χ2v) is 7.78. The molecule has 0 fully saturated rings. The number of alkyl halides is 3. The molecule has 0 rings (SSSR count). The van der Waals surface area contributed by atoms with Crippen LogP contribution in [0.5, 0.6) is 0 Å². The zero-order chi connectivity index (χ0) is 13.0. The van der Waals surface area contributed by atoms with Gasteiger partial charge >= 0.3 is 0 Å². The number of rotatable bonds is 11. The minimum atomic E-state index is -1.04. The predicted octanol–water partition coefficient (Wildman–Crippen LogP) is 5.03. The van der Waals surface area contributed by atoms with Crippen LogP contribution in [0.15, 0.2) is 0 Å². The molecule has 0 aromatic heterocycles. The van der Waals surface area contributed by atoms with Crippen LogP contribution in [0.1, 0.15) is 70.6 Å². The molecule has 5 radical (unpaired) electrons. The standard InChI is InChI=1S/C13H24Cl3.2Al.H2O.Zr/c1-2-3-4-5-6-7-8-9-10-11-12-13(14,15)16;;;;/h1-12H2;;;1H2;. The van der Waals surface area contributed by atoms with E-state index in [0.29, 0.717) is 6.42 Å². The van der Waals surface area contributed by atoms with Crippen molar-refractivity contribution in [3.05, 3.63) is 0 Å².